The Balaban J connectivity index is 1.25. The molecule has 0 atom stereocenters. The summed E-state index contributed by atoms with van der Waals surface area (Å²) in [5.74, 6) is 2.01. The van der Waals surface area contributed by atoms with Crippen molar-refractivity contribution in [2.75, 3.05) is 0 Å². The Morgan fingerprint density at radius 2 is 0.956 bits per heavy atom. The topological polar surface area (TPSA) is 38.7 Å². The van der Waals surface area contributed by atoms with E-state index in [4.69, 9.17) is 15.0 Å². The Bertz CT molecular complexity index is 2540. The molecular weight excluding hydrogens is 567 g/mol. The van der Waals surface area contributed by atoms with E-state index in [0.717, 1.165) is 27.5 Å². The van der Waals surface area contributed by atoms with Crippen molar-refractivity contribution in [2.24, 2.45) is 0 Å². The van der Waals surface area contributed by atoms with Gasteiger partial charge in [0, 0.05) is 36.9 Å². The largest absolute Gasteiger partial charge is 0.208 e. The zero-order valence-electron chi connectivity index (χ0n) is 24.2. The third-order valence-electron chi connectivity index (χ3n) is 8.53. The maximum atomic E-state index is 5.18. The summed E-state index contributed by atoms with van der Waals surface area (Å²) in [7, 11) is 0. The van der Waals surface area contributed by atoms with E-state index in [2.05, 4.69) is 133 Å². The summed E-state index contributed by atoms with van der Waals surface area (Å²) in [4.78, 5) is 15.3. The zero-order chi connectivity index (χ0) is 29.7. The van der Waals surface area contributed by atoms with Gasteiger partial charge in [0.25, 0.3) is 0 Å². The first-order valence-corrected chi connectivity index (χ1v) is 15.9. The average Bonchev–Trinajstić information content (AvgIpc) is 3.50. The predicted octanol–water partition coefficient (Wildman–Crippen LogP) is 11.2. The van der Waals surface area contributed by atoms with E-state index in [9.17, 15) is 0 Å². The fourth-order valence-electron chi connectivity index (χ4n) is 6.38. The molecule has 0 unspecified atom stereocenters. The van der Waals surface area contributed by atoms with Gasteiger partial charge in [-0.15, -0.1) is 11.3 Å². The lowest BCUT2D eigenvalue weighted by atomic mass is 9.95. The van der Waals surface area contributed by atoms with Gasteiger partial charge >= 0.3 is 0 Å². The maximum Gasteiger partial charge on any atom is 0.165 e. The normalized spacial score (nSPS) is 11.6. The van der Waals surface area contributed by atoms with Crippen LogP contribution in [0.5, 0.6) is 0 Å². The van der Waals surface area contributed by atoms with Crippen molar-refractivity contribution in [3.05, 3.63) is 152 Å². The minimum Gasteiger partial charge on any atom is -0.208 e. The smallest absolute Gasteiger partial charge is 0.165 e. The summed E-state index contributed by atoms with van der Waals surface area (Å²) in [6.07, 6.45) is 0. The van der Waals surface area contributed by atoms with Gasteiger partial charge < -0.3 is 0 Å². The molecule has 9 rings (SSSR count). The second-order valence-corrected chi connectivity index (χ2v) is 12.3. The Hall–Kier alpha value is -5.71. The van der Waals surface area contributed by atoms with Crippen LogP contribution in [0.1, 0.15) is 0 Å². The van der Waals surface area contributed by atoms with Gasteiger partial charge in [-0.2, -0.15) is 0 Å². The summed E-state index contributed by atoms with van der Waals surface area (Å²) in [6, 6.07) is 53.3. The van der Waals surface area contributed by atoms with E-state index in [0.29, 0.717) is 17.5 Å². The van der Waals surface area contributed by atoms with Crippen LogP contribution < -0.4 is 0 Å². The highest BCUT2D eigenvalue weighted by Crippen LogP contribution is 2.40. The van der Waals surface area contributed by atoms with Gasteiger partial charge in [-0.25, -0.2) is 15.0 Å². The van der Waals surface area contributed by atoms with Crippen LogP contribution in [-0.2, 0) is 0 Å². The van der Waals surface area contributed by atoms with Gasteiger partial charge in [-0.05, 0) is 50.9 Å². The molecule has 0 aliphatic carbocycles. The first-order chi connectivity index (χ1) is 22.3. The number of benzene rings is 7. The molecule has 9 aromatic rings. The highest BCUT2D eigenvalue weighted by atomic mass is 32.1. The number of nitrogens with zero attached hydrogens (tertiary/aromatic N) is 3. The first kappa shape index (κ1) is 25.8. The number of hydrogen-bond acceptors (Lipinski definition) is 4. The van der Waals surface area contributed by atoms with Crippen molar-refractivity contribution in [2.45, 2.75) is 0 Å². The van der Waals surface area contributed by atoms with Crippen molar-refractivity contribution < 1.29 is 0 Å². The number of aromatic nitrogens is 3. The monoisotopic (exact) mass is 591 g/mol. The van der Waals surface area contributed by atoms with E-state index < -0.39 is 0 Å². The number of hydrogen-bond donors (Lipinski definition) is 0. The van der Waals surface area contributed by atoms with Crippen LogP contribution in [0, 0.1) is 0 Å². The molecule has 2 aromatic heterocycles. The molecule has 2 heterocycles. The summed E-state index contributed by atoms with van der Waals surface area (Å²) in [6.45, 7) is 0. The number of fused-ring (bicyclic) bond motifs is 5. The van der Waals surface area contributed by atoms with E-state index in [1.807, 2.05) is 18.2 Å². The van der Waals surface area contributed by atoms with Gasteiger partial charge in [-0.1, -0.05) is 133 Å². The quantitative estimate of drug-likeness (QED) is 0.204. The summed E-state index contributed by atoms with van der Waals surface area (Å²) >= 11 is 1.79. The Morgan fingerprint density at radius 1 is 0.356 bits per heavy atom. The maximum absolute atomic E-state index is 5.18. The Labute approximate surface area is 264 Å². The van der Waals surface area contributed by atoms with Crippen molar-refractivity contribution in [3.8, 4) is 45.3 Å². The van der Waals surface area contributed by atoms with Crippen molar-refractivity contribution in [1.29, 1.82) is 0 Å². The fraction of sp³-hybridized carbons (Fsp3) is 0. The van der Waals surface area contributed by atoms with Gasteiger partial charge in [0.05, 0.1) is 0 Å². The molecule has 0 aliphatic heterocycles. The molecule has 4 heteroatoms. The molecule has 0 N–H and O–H groups in total. The highest BCUT2D eigenvalue weighted by Gasteiger charge is 2.18. The third kappa shape index (κ3) is 4.38. The first-order valence-electron chi connectivity index (χ1n) is 15.0. The molecule has 0 amide bonds. The third-order valence-corrected chi connectivity index (χ3v) is 9.75. The molecule has 0 bridgehead atoms. The van der Waals surface area contributed by atoms with Crippen molar-refractivity contribution in [1.82, 2.24) is 15.0 Å². The van der Waals surface area contributed by atoms with Crippen LogP contribution in [0.15, 0.2) is 152 Å². The van der Waals surface area contributed by atoms with E-state index >= 15 is 0 Å². The standard InChI is InChI=1S/C41H25N3S/c1-2-12-27(13-3-1)39-42-40(44-41(43-39)36-21-10-19-34-33-17-6-7-22-37(33)45-38(34)36)35-20-9-15-28-25-29(23-24-32(28)35)31-18-8-14-26-11-4-5-16-30(26)31/h1-25H. The Morgan fingerprint density at radius 3 is 1.84 bits per heavy atom. The second kappa shape index (κ2) is 10.5. The molecule has 210 valence electrons. The zero-order valence-corrected chi connectivity index (χ0v) is 25.0. The van der Waals surface area contributed by atoms with Crippen LogP contribution >= 0.6 is 11.3 Å². The summed E-state index contributed by atoms with van der Waals surface area (Å²) in [5, 5.41) is 7.23. The molecule has 0 spiro atoms. The van der Waals surface area contributed by atoms with Crippen molar-refractivity contribution in [3.63, 3.8) is 0 Å². The number of thiophene rings is 1. The van der Waals surface area contributed by atoms with E-state index in [1.54, 1.807) is 11.3 Å². The molecule has 3 nitrogen and oxygen atoms in total. The molecule has 0 radical (unpaired) electrons. The SMILES string of the molecule is c1ccc(-c2nc(-c3cccc4cc(-c5cccc6ccccc56)ccc34)nc(-c3cccc4c3sc3ccccc34)n2)cc1. The lowest BCUT2D eigenvalue weighted by Crippen LogP contribution is -2.00. The van der Waals surface area contributed by atoms with Gasteiger partial charge in [0.1, 0.15) is 0 Å². The Kier molecular flexibility index (Phi) is 6.00. The lowest BCUT2D eigenvalue weighted by molar-refractivity contribution is 1.08. The van der Waals surface area contributed by atoms with Crippen LogP contribution in [0.3, 0.4) is 0 Å². The minimum absolute atomic E-state index is 0.665. The molecule has 0 fully saturated rings. The molecule has 0 saturated heterocycles. The van der Waals surface area contributed by atoms with Crippen LogP contribution in [-0.4, -0.2) is 15.0 Å². The fourth-order valence-corrected chi connectivity index (χ4v) is 7.59. The van der Waals surface area contributed by atoms with E-state index in [1.165, 1.54) is 42.1 Å². The summed E-state index contributed by atoms with van der Waals surface area (Å²) in [5.41, 5.74) is 5.39. The molecule has 0 aliphatic rings. The van der Waals surface area contributed by atoms with Crippen LogP contribution in [0.2, 0.25) is 0 Å². The molecular formula is C41H25N3S. The number of rotatable bonds is 4. The molecule has 0 saturated carbocycles. The average molecular weight is 592 g/mol. The van der Waals surface area contributed by atoms with Gasteiger partial charge in [0.15, 0.2) is 17.5 Å². The van der Waals surface area contributed by atoms with Gasteiger partial charge in [-0.3, -0.25) is 0 Å². The minimum atomic E-state index is 0.665. The lowest BCUT2D eigenvalue weighted by Gasteiger charge is -2.12. The molecule has 45 heavy (non-hydrogen) atoms. The van der Waals surface area contributed by atoms with Crippen LogP contribution in [0.4, 0.5) is 0 Å². The predicted molar refractivity (Wildman–Crippen MR) is 189 cm³/mol. The van der Waals surface area contributed by atoms with Gasteiger partial charge in [0.2, 0.25) is 0 Å². The van der Waals surface area contributed by atoms with E-state index in [-0.39, 0.29) is 0 Å². The second-order valence-electron chi connectivity index (χ2n) is 11.2. The molecule has 7 aromatic carbocycles. The van der Waals surface area contributed by atoms with Crippen LogP contribution in [0.25, 0.3) is 87.0 Å². The highest BCUT2D eigenvalue weighted by molar-refractivity contribution is 7.26. The van der Waals surface area contributed by atoms with Crippen molar-refractivity contribution >= 4 is 53.1 Å². The summed E-state index contributed by atoms with van der Waals surface area (Å²) < 4.78 is 2.45.